The van der Waals surface area contributed by atoms with Crippen LogP contribution < -0.4 is 10.1 Å². The molecule has 0 aliphatic rings. The van der Waals surface area contributed by atoms with Crippen molar-refractivity contribution in [2.75, 3.05) is 12.4 Å². The Labute approximate surface area is 178 Å². The van der Waals surface area contributed by atoms with Crippen molar-refractivity contribution in [2.24, 2.45) is 0 Å². The molecule has 0 amide bonds. The molecule has 0 radical (unpaired) electrons. The van der Waals surface area contributed by atoms with Gasteiger partial charge in [0.05, 0.1) is 17.7 Å². The highest BCUT2D eigenvalue weighted by Crippen LogP contribution is 2.35. The molecule has 7 heteroatoms. The zero-order valence-electron chi connectivity index (χ0n) is 16.2. The number of non-ortho nitro benzene ring substituents is 1. The molecule has 0 saturated carbocycles. The highest BCUT2D eigenvalue weighted by molar-refractivity contribution is 7.16. The molecule has 0 bridgehead atoms. The van der Waals surface area contributed by atoms with E-state index in [1.54, 1.807) is 30.6 Å². The van der Waals surface area contributed by atoms with Crippen LogP contribution in [0.2, 0.25) is 0 Å². The molecular weight excluding hydrogens is 398 g/mol. The van der Waals surface area contributed by atoms with Crippen molar-refractivity contribution in [3.63, 3.8) is 0 Å². The maximum absolute atomic E-state index is 10.9. The summed E-state index contributed by atoms with van der Waals surface area (Å²) >= 11 is 1.56. The largest absolute Gasteiger partial charge is 0.496 e. The van der Waals surface area contributed by atoms with Gasteiger partial charge in [-0.15, -0.1) is 11.3 Å². The van der Waals surface area contributed by atoms with Gasteiger partial charge in [0.25, 0.3) is 5.69 Å². The standard InChI is InChI=1S/C23H19N3O3S/c1-29-20-10-6-5-9-17(20)15-21-22(16-7-3-2-4-8-16)25-23(30-21)24-18-11-13-19(14-12-18)26(27)28/h2-14H,15H2,1H3,(H,24,25). The molecule has 6 nitrogen and oxygen atoms in total. The van der Waals surface area contributed by atoms with Crippen LogP contribution in [-0.4, -0.2) is 17.0 Å². The minimum absolute atomic E-state index is 0.0570. The molecule has 0 fully saturated rings. The molecular formula is C23H19N3O3S. The number of thiazole rings is 1. The molecule has 3 aromatic carbocycles. The van der Waals surface area contributed by atoms with Gasteiger partial charge < -0.3 is 10.1 Å². The highest BCUT2D eigenvalue weighted by atomic mass is 32.1. The number of para-hydroxylation sites is 1. The van der Waals surface area contributed by atoms with Gasteiger partial charge in [0.2, 0.25) is 0 Å². The van der Waals surface area contributed by atoms with E-state index in [2.05, 4.69) is 11.4 Å². The Bertz CT molecular complexity index is 1160. The van der Waals surface area contributed by atoms with Crippen LogP contribution in [0.15, 0.2) is 78.9 Å². The van der Waals surface area contributed by atoms with E-state index in [4.69, 9.17) is 9.72 Å². The Balaban J connectivity index is 1.68. The van der Waals surface area contributed by atoms with E-state index in [0.29, 0.717) is 6.42 Å². The monoisotopic (exact) mass is 417 g/mol. The topological polar surface area (TPSA) is 77.3 Å². The van der Waals surface area contributed by atoms with Crippen molar-refractivity contribution in [1.29, 1.82) is 0 Å². The number of nitro benzene ring substituents is 1. The van der Waals surface area contributed by atoms with Crippen molar-refractivity contribution < 1.29 is 9.66 Å². The first-order valence-electron chi connectivity index (χ1n) is 9.32. The second kappa shape index (κ2) is 8.75. The second-order valence-corrected chi connectivity index (χ2v) is 7.66. The van der Waals surface area contributed by atoms with Gasteiger partial charge >= 0.3 is 0 Å². The molecule has 4 rings (SSSR count). The van der Waals surface area contributed by atoms with Crippen molar-refractivity contribution in [2.45, 2.75) is 6.42 Å². The Morgan fingerprint density at radius 1 is 1.00 bits per heavy atom. The van der Waals surface area contributed by atoms with Crippen LogP contribution in [-0.2, 0) is 6.42 Å². The fraction of sp³-hybridized carbons (Fsp3) is 0.0870. The van der Waals surface area contributed by atoms with Crippen molar-refractivity contribution >= 4 is 27.8 Å². The number of ether oxygens (including phenoxy) is 1. The Morgan fingerprint density at radius 2 is 1.70 bits per heavy atom. The van der Waals surface area contributed by atoms with E-state index >= 15 is 0 Å². The summed E-state index contributed by atoms with van der Waals surface area (Å²) in [7, 11) is 1.67. The van der Waals surface area contributed by atoms with Gasteiger partial charge in [-0.2, -0.15) is 0 Å². The SMILES string of the molecule is COc1ccccc1Cc1sc(Nc2ccc([N+](=O)[O-])cc2)nc1-c1ccccc1. The zero-order valence-corrected chi connectivity index (χ0v) is 17.1. The predicted octanol–water partition coefficient (Wildman–Crippen LogP) is 6.06. The Hall–Kier alpha value is -3.71. The molecule has 0 spiro atoms. The average Bonchev–Trinajstić information content (AvgIpc) is 3.17. The third-order valence-corrected chi connectivity index (χ3v) is 5.59. The molecule has 1 heterocycles. The van der Waals surface area contributed by atoms with Crippen LogP contribution in [0.25, 0.3) is 11.3 Å². The maximum Gasteiger partial charge on any atom is 0.269 e. The van der Waals surface area contributed by atoms with E-state index in [0.717, 1.165) is 38.3 Å². The van der Waals surface area contributed by atoms with Gasteiger partial charge in [0.1, 0.15) is 5.75 Å². The lowest BCUT2D eigenvalue weighted by molar-refractivity contribution is -0.384. The minimum Gasteiger partial charge on any atom is -0.496 e. The third kappa shape index (κ3) is 4.31. The normalized spacial score (nSPS) is 10.6. The van der Waals surface area contributed by atoms with Crippen LogP contribution in [0.1, 0.15) is 10.4 Å². The number of nitrogens with one attached hydrogen (secondary N) is 1. The first kappa shape index (κ1) is 19.6. The third-order valence-electron chi connectivity index (χ3n) is 4.62. The molecule has 4 aromatic rings. The van der Waals surface area contributed by atoms with Gasteiger partial charge in [-0.3, -0.25) is 10.1 Å². The summed E-state index contributed by atoms with van der Waals surface area (Å²) in [5.74, 6) is 0.842. The summed E-state index contributed by atoms with van der Waals surface area (Å²) in [6.45, 7) is 0. The number of aromatic nitrogens is 1. The summed E-state index contributed by atoms with van der Waals surface area (Å²) in [4.78, 5) is 16.4. The van der Waals surface area contributed by atoms with Gasteiger partial charge in [-0.05, 0) is 23.8 Å². The second-order valence-electron chi connectivity index (χ2n) is 6.57. The minimum atomic E-state index is -0.411. The maximum atomic E-state index is 10.9. The summed E-state index contributed by atoms with van der Waals surface area (Å²) in [5.41, 5.74) is 3.84. The quantitative estimate of drug-likeness (QED) is 0.292. The molecule has 30 heavy (non-hydrogen) atoms. The van der Waals surface area contributed by atoms with Gasteiger partial charge in [0.15, 0.2) is 5.13 Å². The molecule has 0 aliphatic heterocycles. The van der Waals surface area contributed by atoms with Crippen LogP contribution >= 0.6 is 11.3 Å². The van der Waals surface area contributed by atoms with Crippen LogP contribution in [0.3, 0.4) is 0 Å². The van der Waals surface area contributed by atoms with Crippen LogP contribution in [0, 0.1) is 10.1 Å². The highest BCUT2D eigenvalue weighted by Gasteiger charge is 2.16. The lowest BCUT2D eigenvalue weighted by Crippen LogP contribution is -1.93. The van der Waals surface area contributed by atoms with Gasteiger partial charge in [-0.1, -0.05) is 48.5 Å². The van der Waals surface area contributed by atoms with E-state index in [1.165, 1.54) is 12.1 Å². The first-order valence-corrected chi connectivity index (χ1v) is 10.1. The number of benzene rings is 3. The summed E-state index contributed by atoms with van der Waals surface area (Å²) in [6.07, 6.45) is 0.688. The first-order chi connectivity index (χ1) is 14.6. The molecule has 1 N–H and O–H groups in total. The Morgan fingerprint density at radius 3 is 2.40 bits per heavy atom. The van der Waals surface area contributed by atoms with Crippen molar-refractivity contribution in [3.05, 3.63) is 99.4 Å². The molecule has 150 valence electrons. The molecule has 0 unspecified atom stereocenters. The summed E-state index contributed by atoms with van der Waals surface area (Å²) in [6, 6.07) is 24.3. The number of nitrogens with zero attached hydrogens (tertiary/aromatic N) is 2. The number of hydrogen-bond donors (Lipinski definition) is 1. The fourth-order valence-electron chi connectivity index (χ4n) is 3.16. The fourth-order valence-corrected chi connectivity index (χ4v) is 4.19. The summed E-state index contributed by atoms with van der Waals surface area (Å²) < 4.78 is 5.51. The number of hydrogen-bond acceptors (Lipinski definition) is 6. The number of methoxy groups -OCH3 is 1. The molecule has 1 aromatic heterocycles. The lowest BCUT2D eigenvalue weighted by atomic mass is 10.1. The lowest BCUT2D eigenvalue weighted by Gasteiger charge is -2.08. The van der Waals surface area contributed by atoms with Gasteiger partial charge in [-0.25, -0.2) is 4.98 Å². The van der Waals surface area contributed by atoms with E-state index in [9.17, 15) is 10.1 Å². The van der Waals surface area contributed by atoms with Gasteiger partial charge in [0, 0.05) is 34.7 Å². The van der Waals surface area contributed by atoms with E-state index in [-0.39, 0.29) is 5.69 Å². The predicted molar refractivity (Wildman–Crippen MR) is 120 cm³/mol. The number of nitro groups is 1. The molecule has 0 saturated heterocycles. The van der Waals surface area contributed by atoms with E-state index in [1.807, 2.05) is 48.5 Å². The smallest absolute Gasteiger partial charge is 0.269 e. The zero-order chi connectivity index (χ0) is 20.9. The van der Waals surface area contributed by atoms with Crippen molar-refractivity contribution in [1.82, 2.24) is 4.98 Å². The average molecular weight is 417 g/mol. The number of rotatable bonds is 7. The molecule has 0 aliphatic carbocycles. The number of anilines is 2. The molecule has 0 atom stereocenters. The summed E-state index contributed by atoms with van der Waals surface area (Å²) in [5, 5.41) is 14.9. The van der Waals surface area contributed by atoms with Crippen LogP contribution in [0.5, 0.6) is 5.75 Å². The van der Waals surface area contributed by atoms with Crippen molar-refractivity contribution in [3.8, 4) is 17.0 Å². The van der Waals surface area contributed by atoms with E-state index < -0.39 is 4.92 Å². The Kier molecular flexibility index (Phi) is 5.72. The van der Waals surface area contributed by atoms with Crippen LogP contribution in [0.4, 0.5) is 16.5 Å².